The molecule has 0 aliphatic carbocycles. The number of sulfonamides is 1. The van der Waals surface area contributed by atoms with Gasteiger partial charge in [0.25, 0.3) is 10.0 Å². The van der Waals surface area contributed by atoms with Crippen molar-refractivity contribution in [3.8, 4) is 0 Å². The molecule has 0 saturated heterocycles. The lowest BCUT2D eigenvalue weighted by Crippen LogP contribution is -2.13. The predicted molar refractivity (Wildman–Crippen MR) is 76.8 cm³/mol. The van der Waals surface area contributed by atoms with Crippen molar-refractivity contribution in [2.75, 3.05) is 4.72 Å². The first-order valence-corrected chi connectivity index (χ1v) is 7.41. The van der Waals surface area contributed by atoms with Crippen LogP contribution in [0.25, 0.3) is 10.8 Å². The molecule has 0 bridgehead atoms. The largest absolute Gasteiger partial charge is 0.264 e. The van der Waals surface area contributed by atoms with Gasteiger partial charge in [-0.25, -0.2) is 13.4 Å². The van der Waals surface area contributed by atoms with Crippen LogP contribution in [-0.4, -0.2) is 18.4 Å². The lowest BCUT2D eigenvalue weighted by molar-refractivity contribution is 0.600. The monoisotopic (exact) mass is 285 g/mol. The molecule has 3 rings (SSSR count). The minimum absolute atomic E-state index is 0.106. The van der Waals surface area contributed by atoms with E-state index in [9.17, 15) is 8.42 Å². The summed E-state index contributed by atoms with van der Waals surface area (Å²) >= 11 is 0. The number of rotatable bonds is 3. The molecular weight excluding hydrogens is 274 g/mol. The maximum atomic E-state index is 12.1. The molecule has 1 aromatic carbocycles. The molecule has 3 aromatic rings. The van der Waals surface area contributed by atoms with Gasteiger partial charge in [0.15, 0.2) is 0 Å². The lowest BCUT2D eigenvalue weighted by Gasteiger charge is -2.07. The van der Waals surface area contributed by atoms with Gasteiger partial charge >= 0.3 is 0 Å². The Bertz CT molecular complexity index is 848. The number of hydrogen-bond acceptors (Lipinski definition) is 4. The van der Waals surface area contributed by atoms with Crippen molar-refractivity contribution < 1.29 is 8.42 Å². The summed E-state index contributed by atoms with van der Waals surface area (Å²) in [7, 11) is -3.66. The van der Waals surface area contributed by atoms with E-state index in [4.69, 9.17) is 0 Å². The fraction of sp³-hybridized carbons (Fsp3) is 0. The fourth-order valence-electron chi connectivity index (χ4n) is 1.84. The summed E-state index contributed by atoms with van der Waals surface area (Å²) in [4.78, 5) is 8.02. The standard InChI is InChI=1S/C14H11N3O2S/c18-20(19,13-6-3-7-15-10-13)17-14-8-11-4-1-2-5-12(11)9-16-14/h1-10H,(H,16,17). The van der Waals surface area contributed by atoms with E-state index in [1.165, 1.54) is 18.5 Å². The van der Waals surface area contributed by atoms with Crippen LogP contribution in [0.2, 0.25) is 0 Å². The molecular formula is C14H11N3O2S. The van der Waals surface area contributed by atoms with Crippen LogP contribution in [0, 0.1) is 0 Å². The third kappa shape index (κ3) is 2.46. The van der Waals surface area contributed by atoms with Gasteiger partial charge in [-0.1, -0.05) is 24.3 Å². The highest BCUT2D eigenvalue weighted by Crippen LogP contribution is 2.18. The summed E-state index contributed by atoms with van der Waals surface area (Å²) in [6.07, 6.45) is 4.45. The third-order valence-corrected chi connectivity index (χ3v) is 4.15. The van der Waals surface area contributed by atoms with Crippen molar-refractivity contribution in [2.24, 2.45) is 0 Å². The normalized spacial score (nSPS) is 11.4. The van der Waals surface area contributed by atoms with Crippen LogP contribution >= 0.6 is 0 Å². The zero-order valence-corrected chi connectivity index (χ0v) is 11.2. The SMILES string of the molecule is O=S(=O)(Nc1cc2ccccc2cn1)c1cccnc1. The van der Waals surface area contributed by atoms with E-state index in [1.54, 1.807) is 18.3 Å². The van der Waals surface area contributed by atoms with Gasteiger partial charge in [0, 0.05) is 24.0 Å². The van der Waals surface area contributed by atoms with Crippen molar-refractivity contribution in [3.05, 3.63) is 61.1 Å². The van der Waals surface area contributed by atoms with E-state index in [1.807, 2.05) is 24.3 Å². The molecule has 100 valence electrons. The number of pyridine rings is 2. The number of nitrogens with one attached hydrogen (secondary N) is 1. The minimum Gasteiger partial charge on any atom is -0.263 e. The lowest BCUT2D eigenvalue weighted by atomic mass is 10.2. The number of benzene rings is 1. The molecule has 0 unspecified atom stereocenters. The van der Waals surface area contributed by atoms with Crippen LogP contribution in [0.4, 0.5) is 5.82 Å². The number of hydrogen-bond donors (Lipinski definition) is 1. The predicted octanol–water partition coefficient (Wildman–Crippen LogP) is 2.43. The first-order chi connectivity index (χ1) is 9.65. The number of fused-ring (bicyclic) bond motifs is 1. The molecule has 0 radical (unpaired) electrons. The second-order valence-corrected chi connectivity index (χ2v) is 5.89. The Morgan fingerprint density at radius 3 is 2.50 bits per heavy atom. The zero-order chi connectivity index (χ0) is 14.0. The van der Waals surface area contributed by atoms with E-state index >= 15 is 0 Å². The highest BCUT2D eigenvalue weighted by Gasteiger charge is 2.14. The maximum Gasteiger partial charge on any atom is 0.264 e. The Hall–Kier alpha value is -2.47. The van der Waals surface area contributed by atoms with Crippen molar-refractivity contribution in [1.29, 1.82) is 0 Å². The topological polar surface area (TPSA) is 72.0 Å². The Labute approximate surface area is 116 Å². The van der Waals surface area contributed by atoms with Gasteiger partial charge in [0.05, 0.1) is 0 Å². The molecule has 5 nitrogen and oxygen atoms in total. The highest BCUT2D eigenvalue weighted by atomic mass is 32.2. The summed E-state index contributed by atoms with van der Waals surface area (Å²) in [5.41, 5.74) is 0. The van der Waals surface area contributed by atoms with Crippen LogP contribution < -0.4 is 4.72 Å². The molecule has 0 saturated carbocycles. The molecule has 0 aliphatic heterocycles. The molecule has 0 atom stereocenters. The first-order valence-electron chi connectivity index (χ1n) is 5.93. The molecule has 0 fully saturated rings. The van der Waals surface area contributed by atoms with Crippen LogP contribution in [0.1, 0.15) is 0 Å². The molecule has 0 amide bonds. The Morgan fingerprint density at radius 2 is 1.75 bits per heavy atom. The summed E-state index contributed by atoms with van der Waals surface area (Å²) in [6.45, 7) is 0. The van der Waals surface area contributed by atoms with Crippen molar-refractivity contribution >= 4 is 26.6 Å². The summed E-state index contributed by atoms with van der Waals surface area (Å²) in [5.74, 6) is 0.285. The minimum atomic E-state index is -3.66. The van der Waals surface area contributed by atoms with Crippen LogP contribution in [0.3, 0.4) is 0 Å². The van der Waals surface area contributed by atoms with Gasteiger partial charge in [0.1, 0.15) is 10.7 Å². The van der Waals surface area contributed by atoms with Gasteiger partial charge in [-0.15, -0.1) is 0 Å². The van der Waals surface area contributed by atoms with Crippen molar-refractivity contribution in [3.63, 3.8) is 0 Å². The number of nitrogens with zero attached hydrogens (tertiary/aromatic N) is 2. The van der Waals surface area contributed by atoms with Gasteiger partial charge in [-0.05, 0) is 23.6 Å². The average molecular weight is 285 g/mol. The van der Waals surface area contributed by atoms with Crippen molar-refractivity contribution in [1.82, 2.24) is 9.97 Å². The molecule has 0 aliphatic rings. The Balaban J connectivity index is 1.97. The second-order valence-electron chi connectivity index (χ2n) is 4.21. The second kappa shape index (κ2) is 4.90. The molecule has 2 heterocycles. The zero-order valence-electron chi connectivity index (χ0n) is 10.4. The van der Waals surface area contributed by atoms with Gasteiger partial charge in [0.2, 0.25) is 0 Å². The summed E-state index contributed by atoms with van der Waals surface area (Å²) < 4.78 is 26.7. The third-order valence-electron chi connectivity index (χ3n) is 2.81. The highest BCUT2D eigenvalue weighted by molar-refractivity contribution is 7.92. The van der Waals surface area contributed by atoms with E-state index < -0.39 is 10.0 Å². The first kappa shape index (κ1) is 12.6. The van der Waals surface area contributed by atoms with E-state index in [0.29, 0.717) is 0 Å². The smallest absolute Gasteiger partial charge is 0.263 e. The summed E-state index contributed by atoms with van der Waals surface area (Å²) in [5, 5.41) is 1.88. The van der Waals surface area contributed by atoms with Crippen molar-refractivity contribution in [2.45, 2.75) is 4.90 Å². The quantitative estimate of drug-likeness (QED) is 0.802. The Kier molecular flexibility index (Phi) is 3.08. The van der Waals surface area contributed by atoms with Crippen LogP contribution in [0.15, 0.2) is 66.0 Å². The van der Waals surface area contributed by atoms with Gasteiger partial charge in [-0.2, -0.15) is 0 Å². The summed E-state index contributed by atoms with van der Waals surface area (Å²) in [6, 6.07) is 12.4. The van der Waals surface area contributed by atoms with Gasteiger partial charge < -0.3 is 0 Å². The average Bonchev–Trinajstić information content (AvgIpc) is 2.48. The maximum absolute atomic E-state index is 12.1. The molecule has 6 heteroatoms. The molecule has 20 heavy (non-hydrogen) atoms. The van der Waals surface area contributed by atoms with Crippen LogP contribution in [0.5, 0.6) is 0 Å². The molecule has 0 spiro atoms. The van der Waals surface area contributed by atoms with E-state index in [-0.39, 0.29) is 10.7 Å². The van der Waals surface area contributed by atoms with Gasteiger partial charge in [-0.3, -0.25) is 9.71 Å². The van der Waals surface area contributed by atoms with E-state index in [0.717, 1.165) is 10.8 Å². The fourth-order valence-corrected chi connectivity index (χ4v) is 2.80. The Morgan fingerprint density at radius 1 is 0.950 bits per heavy atom. The molecule has 2 aromatic heterocycles. The number of aromatic nitrogens is 2. The molecule has 1 N–H and O–H groups in total. The number of anilines is 1. The van der Waals surface area contributed by atoms with E-state index in [2.05, 4.69) is 14.7 Å². The van der Waals surface area contributed by atoms with Crippen LogP contribution in [-0.2, 0) is 10.0 Å².